The number of hydrogen-bond acceptors (Lipinski definition) is 5. The van der Waals surface area contributed by atoms with Gasteiger partial charge >= 0.3 is 0 Å². The van der Waals surface area contributed by atoms with Gasteiger partial charge in [0.05, 0.1) is 18.7 Å². The van der Waals surface area contributed by atoms with E-state index in [4.69, 9.17) is 4.74 Å². The first-order chi connectivity index (χ1) is 13.8. The third kappa shape index (κ3) is 3.58. The fourth-order valence-corrected chi connectivity index (χ4v) is 3.56. The van der Waals surface area contributed by atoms with Crippen molar-refractivity contribution in [2.75, 3.05) is 12.0 Å². The van der Waals surface area contributed by atoms with Crippen LogP contribution in [0, 0.1) is 0 Å². The normalized spacial score (nSPS) is 16.7. The standard InChI is InChI=1S/C23H25NO5/c1-5-17(25)20-21(15-8-11-19(29-4)18(26)12-15)24(23(28)22(20)27)16-9-6-14(7-10-16)13(2)3/h6-13,21,26-27H,5H2,1-4H3. The van der Waals surface area contributed by atoms with E-state index in [0.717, 1.165) is 5.56 Å². The highest BCUT2D eigenvalue weighted by Crippen LogP contribution is 2.43. The fraction of sp³-hybridized carbons (Fsp3) is 0.304. The van der Waals surface area contributed by atoms with Crippen molar-refractivity contribution in [2.45, 2.75) is 39.2 Å². The number of aromatic hydroxyl groups is 1. The number of amides is 1. The van der Waals surface area contributed by atoms with Crippen LogP contribution < -0.4 is 9.64 Å². The van der Waals surface area contributed by atoms with E-state index in [1.54, 1.807) is 31.2 Å². The van der Waals surface area contributed by atoms with Crippen LogP contribution in [0.5, 0.6) is 11.5 Å². The lowest BCUT2D eigenvalue weighted by molar-refractivity contribution is -0.118. The number of carbonyl (C=O) groups is 2. The summed E-state index contributed by atoms with van der Waals surface area (Å²) in [6.07, 6.45) is 0.144. The number of methoxy groups -OCH3 is 1. The van der Waals surface area contributed by atoms with Crippen LogP contribution in [-0.2, 0) is 9.59 Å². The second-order valence-electron chi connectivity index (χ2n) is 7.29. The molecule has 0 aromatic heterocycles. The molecular weight excluding hydrogens is 370 g/mol. The topological polar surface area (TPSA) is 87.1 Å². The molecule has 0 saturated carbocycles. The second-order valence-corrected chi connectivity index (χ2v) is 7.29. The van der Waals surface area contributed by atoms with E-state index in [9.17, 15) is 19.8 Å². The van der Waals surface area contributed by atoms with Crippen molar-refractivity contribution in [3.63, 3.8) is 0 Å². The number of phenols is 1. The SMILES string of the molecule is CCC(=O)C1=C(O)C(=O)N(c2ccc(C(C)C)cc2)C1c1ccc(OC)c(O)c1. The van der Waals surface area contributed by atoms with Crippen LogP contribution in [0.4, 0.5) is 5.69 Å². The van der Waals surface area contributed by atoms with Gasteiger partial charge in [-0.25, -0.2) is 0 Å². The van der Waals surface area contributed by atoms with Crippen LogP contribution in [0.1, 0.15) is 50.3 Å². The average molecular weight is 395 g/mol. The summed E-state index contributed by atoms with van der Waals surface area (Å²) in [5.74, 6) is -1.01. The van der Waals surface area contributed by atoms with Crippen LogP contribution in [0.2, 0.25) is 0 Å². The van der Waals surface area contributed by atoms with E-state index in [0.29, 0.717) is 17.2 Å². The number of nitrogens with zero attached hydrogens (tertiary/aromatic N) is 1. The van der Waals surface area contributed by atoms with Gasteiger partial charge < -0.3 is 14.9 Å². The minimum Gasteiger partial charge on any atom is -0.504 e. The molecule has 1 heterocycles. The van der Waals surface area contributed by atoms with Crippen molar-refractivity contribution < 1.29 is 24.5 Å². The Morgan fingerprint density at radius 1 is 1.14 bits per heavy atom. The van der Waals surface area contributed by atoms with Crippen LogP contribution in [0.25, 0.3) is 0 Å². The van der Waals surface area contributed by atoms with E-state index in [2.05, 4.69) is 13.8 Å². The fourth-order valence-electron chi connectivity index (χ4n) is 3.56. The molecule has 0 aliphatic carbocycles. The summed E-state index contributed by atoms with van der Waals surface area (Å²) in [5.41, 5.74) is 2.21. The van der Waals surface area contributed by atoms with Gasteiger partial charge in [0.15, 0.2) is 23.0 Å². The summed E-state index contributed by atoms with van der Waals surface area (Å²) >= 11 is 0. The van der Waals surface area contributed by atoms with Gasteiger partial charge in [0.2, 0.25) is 0 Å². The number of carbonyl (C=O) groups excluding carboxylic acids is 2. The Labute approximate surface area is 170 Å². The van der Waals surface area contributed by atoms with Crippen molar-refractivity contribution in [1.29, 1.82) is 0 Å². The molecule has 152 valence electrons. The molecule has 2 aromatic rings. The predicted molar refractivity (Wildman–Crippen MR) is 110 cm³/mol. The number of aliphatic hydroxyl groups excluding tert-OH is 1. The van der Waals surface area contributed by atoms with E-state index in [1.165, 1.54) is 18.1 Å². The molecule has 3 rings (SSSR count). The zero-order valence-electron chi connectivity index (χ0n) is 17.0. The molecule has 0 spiro atoms. The molecule has 0 saturated heterocycles. The molecule has 1 amide bonds. The van der Waals surface area contributed by atoms with Crippen molar-refractivity contribution >= 4 is 17.4 Å². The zero-order valence-corrected chi connectivity index (χ0v) is 17.0. The van der Waals surface area contributed by atoms with E-state index in [-0.39, 0.29) is 29.3 Å². The second kappa shape index (κ2) is 7.99. The molecule has 1 aliphatic heterocycles. The first-order valence-electron chi connectivity index (χ1n) is 9.56. The molecule has 29 heavy (non-hydrogen) atoms. The van der Waals surface area contributed by atoms with E-state index in [1.807, 2.05) is 12.1 Å². The molecule has 6 heteroatoms. The van der Waals surface area contributed by atoms with Crippen LogP contribution in [-0.4, -0.2) is 29.0 Å². The van der Waals surface area contributed by atoms with Gasteiger partial charge in [-0.2, -0.15) is 0 Å². The predicted octanol–water partition coefficient (Wildman–Crippen LogP) is 4.40. The number of phenolic OH excluding ortho intramolecular Hbond substituents is 1. The van der Waals surface area contributed by atoms with Gasteiger partial charge in [-0.05, 0) is 41.3 Å². The average Bonchev–Trinajstić information content (AvgIpc) is 2.98. The van der Waals surface area contributed by atoms with Gasteiger partial charge in [0, 0.05) is 12.1 Å². The number of ether oxygens (including phenoxy) is 1. The Morgan fingerprint density at radius 2 is 1.79 bits per heavy atom. The smallest absolute Gasteiger partial charge is 0.294 e. The number of aliphatic hydroxyl groups is 1. The molecule has 1 unspecified atom stereocenters. The molecule has 6 nitrogen and oxygen atoms in total. The molecule has 0 bridgehead atoms. The molecule has 0 radical (unpaired) electrons. The lowest BCUT2D eigenvalue weighted by Crippen LogP contribution is -2.31. The maximum absolute atomic E-state index is 12.9. The quantitative estimate of drug-likeness (QED) is 0.757. The van der Waals surface area contributed by atoms with Crippen LogP contribution in [0.3, 0.4) is 0 Å². The highest BCUT2D eigenvalue weighted by molar-refractivity contribution is 6.16. The van der Waals surface area contributed by atoms with E-state index < -0.39 is 17.7 Å². The Kier molecular flexibility index (Phi) is 5.64. The lowest BCUT2D eigenvalue weighted by atomic mass is 9.94. The summed E-state index contributed by atoms with van der Waals surface area (Å²) in [6, 6.07) is 11.3. The monoisotopic (exact) mass is 395 g/mol. The molecule has 0 fully saturated rings. The van der Waals surface area contributed by atoms with Gasteiger partial charge in [-0.1, -0.05) is 39.0 Å². The molecular formula is C23H25NO5. The minimum absolute atomic E-state index is 0.0370. The first kappa shape index (κ1) is 20.5. The third-order valence-electron chi connectivity index (χ3n) is 5.19. The Bertz CT molecular complexity index is 975. The highest BCUT2D eigenvalue weighted by Gasteiger charge is 2.44. The summed E-state index contributed by atoms with van der Waals surface area (Å²) < 4.78 is 5.09. The Balaban J connectivity index is 2.15. The molecule has 1 aliphatic rings. The third-order valence-corrected chi connectivity index (χ3v) is 5.19. The minimum atomic E-state index is -0.836. The van der Waals surface area contributed by atoms with Crippen molar-refractivity contribution in [3.8, 4) is 11.5 Å². The summed E-state index contributed by atoms with van der Waals surface area (Å²) in [7, 11) is 1.44. The van der Waals surface area contributed by atoms with Gasteiger partial charge in [-0.3, -0.25) is 14.5 Å². The van der Waals surface area contributed by atoms with Gasteiger partial charge in [0.1, 0.15) is 0 Å². The van der Waals surface area contributed by atoms with Crippen molar-refractivity contribution in [2.24, 2.45) is 0 Å². The lowest BCUT2D eigenvalue weighted by Gasteiger charge is -2.27. The zero-order chi connectivity index (χ0) is 21.3. The number of Topliss-reactive ketones (excluding diaryl/α,β-unsaturated/α-hetero) is 1. The van der Waals surface area contributed by atoms with E-state index >= 15 is 0 Å². The van der Waals surface area contributed by atoms with Crippen LogP contribution >= 0.6 is 0 Å². The Hall–Kier alpha value is -3.28. The van der Waals surface area contributed by atoms with Crippen LogP contribution in [0.15, 0.2) is 53.8 Å². The van der Waals surface area contributed by atoms with Gasteiger partial charge in [0.25, 0.3) is 5.91 Å². The maximum Gasteiger partial charge on any atom is 0.294 e. The molecule has 2 N–H and O–H groups in total. The van der Waals surface area contributed by atoms with Crippen molar-refractivity contribution in [1.82, 2.24) is 0 Å². The summed E-state index contributed by atoms with van der Waals surface area (Å²) in [5, 5.41) is 20.7. The van der Waals surface area contributed by atoms with Crippen molar-refractivity contribution in [3.05, 3.63) is 64.9 Å². The first-order valence-corrected chi connectivity index (χ1v) is 9.56. The molecule has 1 atom stereocenters. The number of hydrogen-bond donors (Lipinski definition) is 2. The number of benzene rings is 2. The number of rotatable bonds is 6. The number of anilines is 1. The maximum atomic E-state index is 12.9. The molecule has 2 aromatic carbocycles. The number of ketones is 1. The summed E-state index contributed by atoms with van der Waals surface area (Å²) in [4.78, 5) is 26.9. The van der Waals surface area contributed by atoms with Gasteiger partial charge in [-0.15, -0.1) is 0 Å². The summed E-state index contributed by atoms with van der Waals surface area (Å²) in [6.45, 7) is 5.82. The highest BCUT2D eigenvalue weighted by atomic mass is 16.5. The Morgan fingerprint density at radius 3 is 2.31 bits per heavy atom. The largest absolute Gasteiger partial charge is 0.504 e.